The van der Waals surface area contributed by atoms with Gasteiger partial charge in [-0.3, -0.25) is 28.8 Å². The number of nitrogens with one attached hydrogen (secondary N) is 2. The third-order valence-electron chi connectivity index (χ3n) is 8.39. The molecule has 1 fully saturated rings. The van der Waals surface area contributed by atoms with Crippen molar-refractivity contribution in [1.29, 1.82) is 0 Å². The number of aromatic nitrogens is 4. The lowest BCUT2D eigenvalue weighted by molar-refractivity contribution is -0.146. The van der Waals surface area contributed by atoms with Crippen molar-refractivity contribution in [1.82, 2.24) is 40.0 Å². The number of amides is 3. The van der Waals surface area contributed by atoms with Gasteiger partial charge in [0.05, 0.1) is 18.3 Å². The molecule has 3 amide bonds. The topological polar surface area (TPSA) is 134 Å². The molecular weight excluding hydrogens is 560 g/mol. The Balaban J connectivity index is 1.29. The number of para-hydroxylation sites is 1. The summed E-state index contributed by atoms with van der Waals surface area (Å²) in [5.74, 6) is -0.868. The minimum atomic E-state index is -0.837. The summed E-state index contributed by atoms with van der Waals surface area (Å²) < 4.78 is 3.30. The van der Waals surface area contributed by atoms with Gasteiger partial charge in [-0.1, -0.05) is 53.7 Å². The molecule has 2 aromatic carbocycles. The van der Waals surface area contributed by atoms with Crippen molar-refractivity contribution in [2.75, 3.05) is 19.6 Å². The van der Waals surface area contributed by atoms with E-state index in [1.165, 1.54) is 0 Å². The average molecular weight is 597 g/mol. The van der Waals surface area contributed by atoms with Crippen molar-refractivity contribution in [3.8, 4) is 0 Å². The number of benzene rings is 2. The summed E-state index contributed by atoms with van der Waals surface area (Å²) in [4.78, 5) is 57.8. The predicted octanol–water partition coefficient (Wildman–Crippen LogP) is 0.981. The van der Waals surface area contributed by atoms with Gasteiger partial charge in [0.1, 0.15) is 17.8 Å². The van der Waals surface area contributed by atoms with E-state index in [-0.39, 0.29) is 49.3 Å². The second-order valence-corrected chi connectivity index (χ2v) is 11.5. The van der Waals surface area contributed by atoms with Gasteiger partial charge in [-0.05, 0) is 29.5 Å². The Morgan fingerprint density at radius 3 is 2.59 bits per heavy atom. The lowest BCUT2D eigenvalue weighted by Gasteiger charge is -2.42. The van der Waals surface area contributed by atoms with Crippen LogP contribution in [0.2, 0.25) is 0 Å². The molecule has 2 bridgehead atoms. The minimum absolute atomic E-state index is 0.0950. The van der Waals surface area contributed by atoms with Crippen LogP contribution >= 0.6 is 0 Å². The van der Waals surface area contributed by atoms with Crippen molar-refractivity contribution in [2.45, 2.75) is 51.0 Å². The van der Waals surface area contributed by atoms with Crippen molar-refractivity contribution in [3.63, 3.8) is 0 Å². The van der Waals surface area contributed by atoms with Gasteiger partial charge in [-0.15, -0.1) is 5.10 Å². The molecule has 0 unspecified atom stereocenters. The molecule has 6 rings (SSSR count). The van der Waals surface area contributed by atoms with Crippen molar-refractivity contribution in [3.05, 3.63) is 94.0 Å². The second-order valence-electron chi connectivity index (χ2n) is 11.5. The molecule has 0 spiro atoms. The maximum atomic E-state index is 14.2. The fraction of sp³-hybridized carbons (Fsp3) is 0.375. The van der Waals surface area contributed by atoms with E-state index in [1.54, 1.807) is 27.4 Å². The summed E-state index contributed by atoms with van der Waals surface area (Å²) in [6.07, 6.45) is 2.81. The first-order valence-corrected chi connectivity index (χ1v) is 15.0. The van der Waals surface area contributed by atoms with Gasteiger partial charge >= 0.3 is 0 Å². The van der Waals surface area contributed by atoms with Crippen molar-refractivity contribution in [2.24, 2.45) is 7.05 Å². The van der Waals surface area contributed by atoms with Gasteiger partial charge in [0.15, 0.2) is 0 Å². The van der Waals surface area contributed by atoms with Gasteiger partial charge in [0.2, 0.25) is 17.7 Å². The van der Waals surface area contributed by atoms with Crippen LogP contribution < -0.4 is 16.2 Å². The molecule has 2 N–H and O–H groups in total. The Morgan fingerprint density at radius 1 is 0.955 bits per heavy atom. The largest absolute Gasteiger partial charge is 0.348 e. The molecule has 2 aromatic heterocycles. The number of piperazine rings is 1. The molecule has 4 heterocycles. The number of aryl methyl sites for hydroxylation is 2. The highest BCUT2D eigenvalue weighted by molar-refractivity contribution is 5.92. The van der Waals surface area contributed by atoms with E-state index in [9.17, 15) is 19.2 Å². The van der Waals surface area contributed by atoms with Gasteiger partial charge < -0.3 is 20.1 Å². The minimum Gasteiger partial charge on any atom is -0.348 e. The van der Waals surface area contributed by atoms with E-state index in [0.717, 1.165) is 16.5 Å². The number of carbonyl (C=O) groups is 3. The smallest absolute Gasteiger partial charge is 0.255 e. The van der Waals surface area contributed by atoms with Crippen LogP contribution in [0.25, 0.3) is 10.9 Å². The molecule has 0 aliphatic carbocycles. The van der Waals surface area contributed by atoms with Crippen LogP contribution in [0.4, 0.5) is 0 Å². The average Bonchev–Trinajstić information content (AvgIpc) is 3.49. The maximum Gasteiger partial charge on any atom is 0.255 e. The fourth-order valence-electron chi connectivity index (χ4n) is 6.06. The van der Waals surface area contributed by atoms with Crippen LogP contribution in [0.3, 0.4) is 0 Å². The van der Waals surface area contributed by atoms with Crippen LogP contribution in [-0.2, 0) is 47.5 Å². The molecule has 228 valence electrons. The van der Waals surface area contributed by atoms with Crippen molar-refractivity contribution >= 4 is 28.6 Å². The molecule has 12 heteroatoms. The Morgan fingerprint density at radius 2 is 1.75 bits per heavy atom. The number of fused-ring (bicyclic) bond motifs is 4. The summed E-state index contributed by atoms with van der Waals surface area (Å²) in [6, 6.07) is 17.5. The Kier molecular flexibility index (Phi) is 8.51. The quantitative estimate of drug-likeness (QED) is 0.359. The second kappa shape index (κ2) is 12.8. The highest BCUT2D eigenvalue weighted by Gasteiger charge is 2.38. The number of rotatable bonds is 4. The lowest BCUT2D eigenvalue weighted by Crippen LogP contribution is -2.63. The summed E-state index contributed by atoms with van der Waals surface area (Å²) in [6.45, 7) is 1.94. The van der Waals surface area contributed by atoms with E-state index >= 15 is 0 Å². The Hall–Kier alpha value is -4.84. The fourth-order valence-corrected chi connectivity index (χ4v) is 6.06. The van der Waals surface area contributed by atoms with Crippen molar-refractivity contribution < 1.29 is 14.4 Å². The standard InChI is InChI=1S/C32H36N8O4/c1-37-27-11-6-5-10-23(27)17-24(31(37)43)19-38-14-15-40-28(21-38)30(42)33-18-25-20-39(36-35-25)13-7-12-29(41)34-26(32(40)44)16-22-8-3-2-4-9-22/h2-6,8-11,17,20,26,28H,7,12-16,18-19,21H2,1H3,(H,33,42)(H,34,41)/t26-,28+/m0/s1. The Bertz CT molecular complexity index is 1730. The summed E-state index contributed by atoms with van der Waals surface area (Å²) in [7, 11) is 1.76. The molecule has 12 nitrogen and oxygen atoms in total. The zero-order chi connectivity index (χ0) is 30.6. The SMILES string of the molecule is Cn1c(=O)c(CN2CCN3C(=O)[C@H](Cc4ccccc4)NC(=O)CCCn4cc(nn4)CNC(=O)[C@H]3C2)cc2ccccc21. The number of pyridine rings is 1. The maximum absolute atomic E-state index is 14.2. The van der Waals surface area contributed by atoms with Crippen LogP contribution in [0, 0.1) is 0 Å². The first kappa shape index (κ1) is 29.2. The van der Waals surface area contributed by atoms with Gasteiger partial charge in [0.25, 0.3) is 5.56 Å². The molecule has 0 saturated carbocycles. The molecular formula is C32H36N8O4. The molecule has 4 aromatic rings. The van der Waals surface area contributed by atoms with Gasteiger partial charge in [-0.25, -0.2) is 0 Å². The third kappa shape index (κ3) is 6.40. The highest BCUT2D eigenvalue weighted by Crippen LogP contribution is 2.19. The lowest BCUT2D eigenvalue weighted by atomic mass is 10.0. The monoisotopic (exact) mass is 596 g/mol. The molecule has 2 aliphatic rings. The molecule has 2 atom stereocenters. The zero-order valence-corrected chi connectivity index (χ0v) is 24.7. The summed E-state index contributed by atoms with van der Waals surface area (Å²) in [5, 5.41) is 15.1. The van der Waals surface area contributed by atoms with Gasteiger partial charge in [0, 0.05) is 58.2 Å². The predicted molar refractivity (Wildman–Crippen MR) is 163 cm³/mol. The summed E-state index contributed by atoms with van der Waals surface area (Å²) >= 11 is 0. The zero-order valence-electron chi connectivity index (χ0n) is 24.7. The van der Waals surface area contributed by atoms with Gasteiger partial charge in [-0.2, -0.15) is 0 Å². The molecule has 2 aliphatic heterocycles. The first-order valence-electron chi connectivity index (χ1n) is 15.0. The van der Waals surface area contributed by atoms with E-state index in [2.05, 4.69) is 20.9 Å². The van der Waals surface area contributed by atoms with Crippen LogP contribution in [0.1, 0.15) is 29.7 Å². The number of hydrogen-bond donors (Lipinski definition) is 2. The summed E-state index contributed by atoms with van der Waals surface area (Å²) in [5.41, 5.74) is 2.87. The van der Waals surface area contributed by atoms with E-state index in [1.807, 2.05) is 65.6 Å². The first-order chi connectivity index (χ1) is 21.4. The molecule has 0 radical (unpaired) electrons. The van der Waals surface area contributed by atoms with E-state index < -0.39 is 12.1 Å². The van der Waals surface area contributed by atoms with E-state index in [0.29, 0.717) is 43.7 Å². The molecule has 1 saturated heterocycles. The number of hydrogen-bond acceptors (Lipinski definition) is 7. The number of carbonyl (C=O) groups excluding carboxylic acids is 3. The third-order valence-corrected chi connectivity index (χ3v) is 8.39. The van der Waals surface area contributed by atoms with Crippen LogP contribution in [-0.4, -0.2) is 78.8 Å². The normalized spacial score (nSPS) is 20.4. The van der Waals surface area contributed by atoms with Crippen LogP contribution in [0.5, 0.6) is 0 Å². The number of nitrogens with zero attached hydrogens (tertiary/aromatic N) is 6. The highest BCUT2D eigenvalue weighted by atomic mass is 16.2. The van der Waals surface area contributed by atoms with E-state index in [4.69, 9.17) is 0 Å². The Labute approximate surface area is 254 Å². The molecule has 44 heavy (non-hydrogen) atoms. The van der Waals surface area contributed by atoms with Crippen LogP contribution in [0.15, 0.2) is 71.7 Å².